The van der Waals surface area contributed by atoms with E-state index < -0.39 is 10.0 Å². The standard InChI is InChI=1S/C21H31N3O3S/c1-2-21(25)24-15-8-17-16-19(6-7-20(17)24)28(26,27)23-13-9-18(10-14-23)22-11-4-3-5-12-22/h6-7,16,18H,2-5,8-15H2,1H3. The fraction of sp³-hybridized carbons (Fsp3) is 0.667. The number of sulfonamides is 1. The van der Waals surface area contributed by atoms with E-state index in [1.807, 2.05) is 13.0 Å². The smallest absolute Gasteiger partial charge is 0.243 e. The highest BCUT2D eigenvalue weighted by molar-refractivity contribution is 7.89. The molecule has 154 valence electrons. The normalized spacial score (nSPS) is 22.4. The van der Waals surface area contributed by atoms with Gasteiger partial charge in [-0.1, -0.05) is 13.3 Å². The highest BCUT2D eigenvalue weighted by atomic mass is 32.2. The van der Waals surface area contributed by atoms with Crippen LogP contribution < -0.4 is 4.90 Å². The molecule has 0 saturated carbocycles. The summed E-state index contributed by atoms with van der Waals surface area (Å²) >= 11 is 0. The monoisotopic (exact) mass is 405 g/mol. The summed E-state index contributed by atoms with van der Waals surface area (Å²) in [6, 6.07) is 5.79. The molecule has 2 fully saturated rings. The summed E-state index contributed by atoms with van der Waals surface area (Å²) in [5, 5.41) is 0. The molecule has 7 heteroatoms. The maximum atomic E-state index is 13.2. The first-order chi connectivity index (χ1) is 13.5. The van der Waals surface area contributed by atoms with Crippen molar-refractivity contribution >= 4 is 21.6 Å². The van der Waals surface area contributed by atoms with Gasteiger partial charge < -0.3 is 9.80 Å². The number of fused-ring (bicyclic) bond motifs is 1. The Morgan fingerprint density at radius 1 is 1.04 bits per heavy atom. The molecule has 0 bridgehead atoms. The van der Waals surface area contributed by atoms with Crippen molar-refractivity contribution in [3.8, 4) is 0 Å². The van der Waals surface area contributed by atoms with Crippen LogP contribution in [0.1, 0.15) is 51.0 Å². The van der Waals surface area contributed by atoms with E-state index in [1.165, 1.54) is 19.3 Å². The lowest BCUT2D eigenvalue weighted by molar-refractivity contribution is -0.118. The number of benzene rings is 1. The van der Waals surface area contributed by atoms with Crippen LogP contribution in [0.3, 0.4) is 0 Å². The number of likely N-dealkylation sites (tertiary alicyclic amines) is 1. The van der Waals surface area contributed by atoms with E-state index in [4.69, 9.17) is 0 Å². The van der Waals surface area contributed by atoms with Gasteiger partial charge in [-0.2, -0.15) is 4.31 Å². The van der Waals surface area contributed by atoms with E-state index in [9.17, 15) is 13.2 Å². The number of carbonyl (C=O) groups excluding carboxylic acids is 1. The molecular weight excluding hydrogens is 374 g/mol. The third kappa shape index (κ3) is 3.72. The lowest BCUT2D eigenvalue weighted by Gasteiger charge is -2.39. The third-order valence-corrected chi connectivity index (χ3v) is 8.41. The molecule has 4 rings (SSSR count). The predicted molar refractivity (Wildman–Crippen MR) is 110 cm³/mol. The second kappa shape index (κ2) is 8.13. The van der Waals surface area contributed by atoms with Gasteiger partial charge in [0.15, 0.2) is 0 Å². The van der Waals surface area contributed by atoms with Crippen molar-refractivity contribution in [1.29, 1.82) is 0 Å². The van der Waals surface area contributed by atoms with Gasteiger partial charge in [0.2, 0.25) is 15.9 Å². The first kappa shape index (κ1) is 19.9. The molecule has 6 nitrogen and oxygen atoms in total. The van der Waals surface area contributed by atoms with E-state index in [0.717, 1.165) is 43.6 Å². The third-order valence-electron chi connectivity index (χ3n) is 6.52. The molecule has 3 heterocycles. The molecule has 0 aromatic heterocycles. The summed E-state index contributed by atoms with van der Waals surface area (Å²) < 4.78 is 28.0. The van der Waals surface area contributed by atoms with Crippen molar-refractivity contribution < 1.29 is 13.2 Å². The van der Waals surface area contributed by atoms with E-state index in [1.54, 1.807) is 21.3 Å². The molecule has 2 saturated heterocycles. The van der Waals surface area contributed by atoms with E-state index >= 15 is 0 Å². The van der Waals surface area contributed by atoms with Crippen molar-refractivity contribution in [2.24, 2.45) is 0 Å². The number of anilines is 1. The molecule has 1 amide bonds. The number of nitrogens with zero attached hydrogens (tertiary/aromatic N) is 3. The molecule has 3 aliphatic rings. The Morgan fingerprint density at radius 3 is 2.43 bits per heavy atom. The number of amides is 1. The zero-order valence-electron chi connectivity index (χ0n) is 16.8. The molecule has 0 radical (unpaired) electrons. The zero-order valence-corrected chi connectivity index (χ0v) is 17.6. The van der Waals surface area contributed by atoms with E-state index in [0.29, 0.717) is 37.0 Å². The lowest BCUT2D eigenvalue weighted by Crippen LogP contribution is -2.48. The molecule has 3 aliphatic heterocycles. The summed E-state index contributed by atoms with van der Waals surface area (Å²) in [5.74, 6) is 0.0918. The Labute approximate surface area is 168 Å². The van der Waals surface area contributed by atoms with Crippen LogP contribution in [0.25, 0.3) is 0 Å². The Morgan fingerprint density at radius 2 is 1.75 bits per heavy atom. The number of hydrogen-bond donors (Lipinski definition) is 0. The zero-order chi connectivity index (χ0) is 19.7. The minimum absolute atomic E-state index is 0.0918. The average Bonchev–Trinajstić information content (AvgIpc) is 3.17. The van der Waals surface area contributed by atoms with Crippen LogP contribution in [0.4, 0.5) is 5.69 Å². The van der Waals surface area contributed by atoms with Gasteiger partial charge in [-0.05, 0) is 69.0 Å². The number of carbonyl (C=O) groups is 1. The van der Waals surface area contributed by atoms with Gasteiger partial charge in [0, 0.05) is 37.8 Å². The van der Waals surface area contributed by atoms with Crippen molar-refractivity contribution in [1.82, 2.24) is 9.21 Å². The van der Waals surface area contributed by atoms with Gasteiger partial charge in [-0.25, -0.2) is 8.42 Å². The molecule has 1 aromatic rings. The van der Waals surface area contributed by atoms with E-state index in [2.05, 4.69) is 4.90 Å². The minimum atomic E-state index is -3.47. The maximum Gasteiger partial charge on any atom is 0.243 e. The maximum absolute atomic E-state index is 13.2. The summed E-state index contributed by atoms with van der Waals surface area (Å²) in [4.78, 5) is 16.8. The van der Waals surface area contributed by atoms with Gasteiger partial charge >= 0.3 is 0 Å². The van der Waals surface area contributed by atoms with Crippen LogP contribution in [-0.4, -0.2) is 62.3 Å². The first-order valence-electron chi connectivity index (χ1n) is 10.7. The van der Waals surface area contributed by atoms with Crippen LogP contribution in [-0.2, 0) is 21.2 Å². The average molecular weight is 406 g/mol. The second-order valence-corrected chi connectivity index (χ2v) is 10.1. The van der Waals surface area contributed by atoms with Gasteiger partial charge in [-0.15, -0.1) is 0 Å². The van der Waals surface area contributed by atoms with Crippen LogP contribution in [0.5, 0.6) is 0 Å². The Kier molecular flexibility index (Phi) is 5.76. The summed E-state index contributed by atoms with van der Waals surface area (Å²) in [6.45, 7) is 6.02. The Hall–Kier alpha value is -1.44. The minimum Gasteiger partial charge on any atom is -0.312 e. The van der Waals surface area contributed by atoms with Crippen LogP contribution in [0.15, 0.2) is 23.1 Å². The number of rotatable bonds is 4. The van der Waals surface area contributed by atoms with Crippen molar-refractivity contribution in [2.75, 3.05) is 37.6 Å². The van der Waals surface area contributed by atoms with Crippen LogP contribution in [0, 0.1) is 0 Å². The quantitative estimate of drug-likeness (QED) is 0.773. The fourth-order valence-electron chi connectivity index (χ4n) is 4.87. The summed E-state index contributed by atoms with van der Waals surface area (Å²) in [6.07, 6.45) is 6.89. The first-order valence-corrected chi connectivity index (χ1v) is 12.1. The second-order valence-electron chi connectivity index (χ2n) is 8.17. The molecule has 0 N–H and O–H groups in total. The molecule has 1 aromatic carbocycles. The van der Waals surface area contributed by atoms with Gasteiger partial charge in [0.1, 0.15) is 0 Å². The van der Waals surface area contributed by atoms with Crippen LogP contribution in [0.2, 0.25) is 0 Å². The van der Waals surface area contributed by atoms with Crippen molar-refractivity contribution in [3.63, 3.8) is 0 Å². The van der Waals surface area contributed by atoms with Gasteiger partial charge in [-0.3, -0.25) is 4.79 Å². The largest absolute Gasteiger partial charge is 0.312 e. The highest BCUT2D eigenvalue weighted by Crippen LogP contribution is 2.32. The summed E-state index contributed by atoms with van der Waals surface area (Å²) in [5.41, 5.74) is 1.83. The molecule has 28 heavy (non-hydrogen) atoms. The predicted octanol–water partition coefficient (Wildman–Crippen LogP) is 2.62. The molecule has 0 spiro atoms. The van der Waals surface area contributed by atoms with Crippen LogP contribution >= 0.6 is 0 Å². The van der Waals surface area contributed by atoms with Gasteiger partial charge in [0.05, 0.1) is 4.90 Å². The summed E-state index contributed by atoms with van der Waals surface area (Å²) in [7, 11) is -3.47. The van der Waals surface area contributed by atoms with Crippen molar-refractivity contribution in [3.05, 3.63) is 23.8 Å². The van der Waals surface area contributed by atoms with Crippen molar-refractivity contribution in [2.45, 2.75) is 62.8 Å². The lowest BCUT2D eigenvalue weighted by atomic mass is 10.0. The highest BCUT2D eigenvalue weighted by Gasteiger charge is 2.33. The molecular formula is C21H31N3O3S. The van der Waals surface area contributed by atoms with E-state index in [-0.39, 0.29) is 5.91 Å². The fourth-order valence-corrected chi connectivity index (χ4v) is 6.39. The number of piperidine rings is 2. The number of hydrogen-bond acceptors (Lipinski definition) is 4. The molecule has 0 unspecified atom stereocenters. The Balaban J connectivity index is 1.45. The molecule has 0 aliphatic carbocycles. The van der Waals surface area contributed by atoms with Gasteiger partial charge in [0.25, 0.3) is 0 Å². The SMILES string of the molecule is CCC(=O)N1CCc2cc(S(=O)(=O)N3CCC(N4CCCCC4)CC3)ccc21. The topological polar surface area (TPSA) is 60.9 Å². The Bertz CT molecular complexity index is 825. The molecule has 0 atom stereocenters.